The molecule has 31 heavy (non-hydrogen) atoms. The van der Waals surface area contributed by atoms with Gasteiger partial charge in [0.05, 0.1) is 6.10 Å². The fourth-order valence-electron chi connectivity index (χ4n) is 3.84. The molecule has 2 saturated heterocycles. The van der Waals surface area contributed by atoms with Crippen LogP contribution in [0, 0.1) is 0 Å². The maximum absolute atomic E-state index is 12.5. The number of piperazine rings is 1. The highest BCUT2D eigenvalue weighted by molar-refractivity contribution is 14.0. The summed E-state index contributed by atoms with van der Waals surface area (Å²) < 4.78 is 11.3. The number of aliphatic imine (C=N–C) groups is 1. The molecular formula is C23H37IN4O3. The zero-order valence-corrected chi connectivity index (χ0v) is 21.3. The van der Waals surface area contributed by atoms with E-state index in [0.29, 0.717) is 6.61 Å². The van der Waals surface area contributed by atoms with Gasteiger partial charge in [-0.1, -0.05) is 12.1 Å². The van der Waals surface area contributed by atoms with Crippen molar-refractivity contribution in [2.45, 2.75) is 52.2 Å². The Morgan fingerprint density at radius 1 is 1.19 bits per heavy atom. The average molecular weight is 544 g/mol. The van der Waals surface area contributed by atoms with Gasteiger partial charge in [0.1, 0.15) is 11.9 Å². The number of rotatable bonds is 7. The van der Waals surface area contributed by atoms with Gasteiger partial charge in [0.15, 0.2) is 5.96 Å². The maximum Gasteiger partial charge on any atom is 0.251 e. The molecule has 174 valence electrons. The van der Waals surface area contributed by atoms with Crippen molar-refractivity contribution in [3.63, 3.8) is 0 Å². The Bertz CT molecular complexity index is 697. The van der Waals surface area contributed by atoms with E-state index in [9.17, 15) is 4.79 Å². The standard InChI is InChI=1S/C23H36N4O3.HI/c1-4-24-23(25-12-11-19-7-9-20(10-8-19)30-18(2)3)27-15-13-26(14-16-27)22(28)21-6-5-17-29-21;/h7-10,18,21H,4-6,11-17H2,1-3H3,(H,24,25);1H. The number of carbonyl (C=O) groups excluding carboxylic acids is 1. The molecule has 1 N–H and O–H groups in total. The molecule has 2 fully saturated rings. The lowest BCUT2D eigenvalue weighted by atomic mass is 10.1. The van der Waals surface area contributed by atoms with Crippen LogP contribution >= 0.6 is 24.0 Å². The number of nitrogens with zero attached hydrogens (tertiary/aromatic N) is 3. The molecule has 2 heterocycles. The van der Waals surface area contributed by atoms with Crippen LogP contribution in [0.1, 0.15) is 39.2 Å². The van der Waals surface area contributed by atoms with Crippen LogP contribution < -0.4 is 10.1 Å². The van der Waals surface area contributed by atoms with E-state index in [1.807, 2.05) is 30.9 Å². The molecule has 0 saturated carbocycles. The lowest BCUT2D eigenvalue weighted by molar-refractivity contribution is -0.142. The molecule has 1 unspecified atom stereocenters. The predicted octanol–water partition coefficient (Wildman–Crippen LogP) is 2.92. The van der Waals surface area contributed by atoms with E-state index >= 15 is 0 Å². The molecule has 0 aliphatic carbocycles. The van der Waals surface area contributed by atoms with Crippen LogP contribution in [-0.2, 0) is 16.0 Å². The van der Waals surface area contributed by atoms with Gasteiger partial charge in [-0.3, -0.25) is 9.79 Å². The van der Waals surface area contributed by atoms with Gasteiger partial charge < -0.3 is 24.6 Å². The SMILES string of the molecule is CCNC(=NCCc1ccc(OC(C)C)cc1)N1CCN(C(=O)C2CCCO2)CC1.I. The molecule has 0 bridgehead atoms. The highest BCUT2D eigenvalue weighted by atomic mass is 127. The zero-order chi connectivity index (χ0) is 21.3. The largest absolute Gasteiger partial charge is 0.491 e. The first-order valence-electron chi connectivity index (χ1n) is 11.3. The minimum Gasteiger partial charge on any atom is -0.491 e. The molecule has 8 heteroatoms. The summed E-state index contributed by atoms with van der Waals surface area (Å²) >= 11 is 0. The van der Waals surface area contributed by atoms with Gasteiger partial charge >= 0.3 is 0 Å². The number of nitrogens with one attached hydrogen (secondary N) is 1. The second kappa shape index (κ2) is 13.1. The number of hydrogen-bond acceptors (Lipinski definition) is 4. The van der Waals surface area contributed by atoms with Crippen LogP contribution in [0.5, 0.6) is 5.75 Å². The molecule has 7 nitrogen and oxygen atoms in total. The van der Waals surface area contributed by atoms with Gasteiger partial charge in [0.25, 0.3) is 5.91 Å². The first-order chi connectivity index (χ1) is 14.6. The molecule has 1 amide bonds. The monoisotopic (exact) mass is 544 g/mol. The fraction of sp³-hybridized carbons (Fsp3) is 0.652. The number of halogens is 1. The topological polar surface area (TPSA) is 66.4 Å². The highest BCUT2D eigenvalue weighted by Gasteiger charge is 2.30. The van der Waals surface area contributed by atoms with Gasteiger partial charge in [0, 0.05) is 45.9 Å². The molecule has 3 rings (SSSR count). The first-order valence-corrected chi connectivity index (χ1v) is 11.3. The number of guanidine groups is 1. The Hall–Kier alpha value is -1.55. The minimum atomic E-state index is -0.226. The third-order valence-corrected chi connectivity index (χ3v) is 5.39. The molecule has 0 aromatic heterocycles. The van der Waals surface area contributed by atoms with E-state index in [0.717, 1.165) is 70.2 Å². The summed E-state index contributed by atoms with van der Waals surface area (Å²) in [5, 5.41) is 3.40. The molecule has 2 aliphatic heterocycles. The van der Waals surface area contributed by atoms with E-state index < -0.39 is 0 Å². The normalized spacial score (nSPS) is 19.4. The summed E-state index contributed by atoms with van der Waals surface area (Å²) in [6.45, 7) is 11.4. The Balaban J connectivity index is 0.00000341. The molecule has 1 atom stereocenters. The van der Waals surface area contributed by atoms with Gasteiger partial charge in [-0.25, -0.2) is 0 Å². The van der Waals surface area contributed by atoms with Crippen LogP contribution in [0.2, 0.25) is 0 Å². The van der Waals surface area contributed by atoms with E-state index in [4.69, 9.17) is 14.5 Å². The first kappa shape index (κ1) is 25.7. The molecule has 0 radical (unpaired) electrons. The number of amides is 1. The van der Waals surface area contributed by atoms with Crippen molar-refractivity contribution in [2.24, 2.45) is 4.99 Å². The Morgan fingerprint density at radius 2 is 1.87 bits per heavy atom. The maximum atomic E-state index is 12.5. The van der Waals surface area contributed by atoms with E-state index in [1.54, 1.807) is 0 Å². The summed E-state index contributed by atoms with van der Waals surface area (Å²) in [4.78, 5) is 21.6. The summed E-state index contributed by atoms with van der Waals surface area (Å²) in [5.74, 6) is 1.99. The number of hydrogen-bond donors (Lipinski definition) is 1. The third kappa shape index (κ3) is 7.82. The smallest absolute Gasteiger partial charge is 0.251 e. The Kier molecular flexibility index (Phi) is 10.9. The predicted molar refractivity (Wildman–Crippen MR) is 134 cm³/mol. The molecular weight excluding hydrogens is 507 g/mol. The van der Waals surface area contributed by atoms with Crippen molar-refractivity contribution in [1.29, 1.82) is 0 Å². The van der Waals surface area contributed by atoms with Gasteiger partial charge in [0.2, 0.25) is 0 Å². The van der Waals surface area contributed by atoms with E-state index in [-0.39, 0.29) is 42.1 Å². The number of benzene rings is 1. The summed E-state index contributed by atoms with van der Waals surface area (Å²) in [6.07, 6.45) is 2.68. The summed E-state index contributed by atoms with van der Waals surface area (Å²) in [6, 6.07) is 8.26. The van der Waals surface area contributed by atoms with E-state index in [1.165, 1.54) is 5.56 Å². The molecule has 1 aromatic rings. The summed E-state index contributed by atoms with van der Waals surface area (Å²) in [5.41, 5.74) is 1.25. The second-order valence-electron chi connectivity index (χ2n) is 8.11. The van der Waals surface area contributed by atoms with Crippen molar-refractivity contribution in [2.75, 3.05) is 45.9 Å². The lowest BCUT2D eigenvalue weighted by Gasteiger charge is -2.37. The lowest BCUT2D eigenvalue weighted by Crippen LogP contribution is -2.55. The number of carbonyl (C=O) groups is 1. The number of ether oxygens (including phenoxy) is 2. The van der Waals surface area contributed by atoms with E-state index in [2.05, 4.69) is 29.3 Å². The zero-order valence-electron chi connectivity index (χ0n) is 19.0. The van der Waals surface area contributed by atoms with Crippen LogP contribution in [0.15, 0.2) is 29.3 Å². The van der Waals surface area contributed by atoms with Crippen molar-refractivity contribution in [3.05, 3.63) is 29.8 Å². The minimum absolute atomic E-state index is 0. The Labute approximate surface area is 203 Å². The van der Waals surface area contributed by atoms with Crippen LogP contribution in [0.3, 0.4) is 0 Å². The van der Waals surface area contributed by atoms with Gasteiger partial charge in [-0.2, -0.15) is 0 Å². The van der Waals surface area contributed by atoms with Gasteiger partial charge in [-0.05, 0) is 57.7 Å². The molecule has 1 aromatic carbocycles. The third-order valence-electron chi connectivity index (χ3n) is 5.39. The fourth-order valence-corrected chi connectivity index (χ4v) is 3.84. The average Bonchev–Trinajstić information content (AvgIpc) is 3.28. The highest BCUT2D eigenvalue weighted by Crippen LogP contribution is 2.16. The second-order valence-corrected chi connectivity index (χ2v) is 8.11. The summed E-state index contributed by atoms with van der Waals surface area (Å²) in [7, 11) is 0. The molecule has 2 aliphatic rings. The van der Waals surface area contributed by atoms with Crippen molar-refractivity contribution in [1.82, 2.24) is 15.1 Å². The van der Waals surface area contributed by atoms with Crippen molar-refractivity contribution < 1.29 is 14.3 Å². The van der Waals surface area contributed by atoms with Crippen LogP contribution in [0.4, 0.5) is 0 Å². The van der Waals surface area contributed by atoms with Crippen LogP contribution in [0.25, 0.3) is 0 Å². The van der Waals surface area contributed by atoms with Crippen molar-refractivity contribution >= 4 is 35.8 Å². The van der Waals surface area contributed by atoms with Crippen LogP contribution in [-0.4, -0.2) is 79.7 Å². The van der Waals surface area contributed by atoms with Gasteiger partial charge in [-0.15, -0.1) is 24.0 Å². The van der Waals surface area contributed by atoms with Crippen molar-refractivity contribution in [3.8, 4) is 5.75 Å². The quantitative estimate of drug-likeness (QED) is 0.325. The Morgan fingerprint density at radius 3 is 2.45 bits per heavy atom. The molecule has 0 spiro atoms.